The van der Waals surface area contributed by atoms with Crippen molar-refractivity contribution in [2.75, 3.05) is 0 Å². The molecule has 0 amide bonds. The Kier molecular flexibility index (Phi) is 4.36. The zero-order valence-corrected chi connectivity index (χ0v) is 15.3. The summed E-state index contributed by atoms with van der Waals surface area (Å²) in [4.78, 5) is 15.6. The van der Waals surface area contributed by atoms with E-state index in [9.17, 15) is 14.3 Å². The summed E-state index contributed by atoms with van der Waals surface area (Å²) in [5, 5.41) is 13.2. The largest absolute Gasteiger partial charge is 0.478 e. The lowest BCUT2D eigenvalue weighted by Crippen LogP contribution is -2.01. The number of rotatable bonds is 3. The van der Waals surface area contributed by atoms with Gasteiger partial charge in [0.1, 0.15) is 5.82 Å². The van der Waals surface area contributed by atoms with Crippen molar-refractivity contribution in [2.24, 2.45) is 0 Å². The van der Waals surface area contributed by atoms with Crippen LogP contribution >= 0.6 is 0 Å². The number of carboxylic acid groups (broad SMARTS) is 1. The van der Waals surface area contributed by atoms with E-state index in [1.165, 1.54) is 6.07 Å². The molecule has 5 nitrogen and oxygen atoms in total. The van der Waals surface area contributed by atoms with Crippen LogP contribution in [0.3, 0.4) is 0 Å². The molecule has 0 fully saturated rings. The van der Waals surface area contributed by atoms with Crippen molar-refractivity contribution in [1.29, 1.82) is 0 Å². The molecular formula is C20H19FN2O3. The number of aromatic nitrogens is 2. The first kappa shape index (κ1) is 17.8. The number of nitrogens with zero attached hydrogens (tertiary/aromatic N) is 2. The summed E-state index contributed by atoms with van der Waals surface area (Å²) in [5.41, 5.74) is 4.75. The Hall–Kier alpha value is -3.02. The molecule has 0 aliphatic heterocycles. The zero-order valence-electron chi connectivity index (χ0n) is 15.3. The maximum absolute atomic E-state index is 14.8. The van der Waals surface area contributed by atoms with E-state index in [1.807, 2.05) is 20.8 Å². The van der Waals surface area contributed by atoms with Gasteiger partial charge < -0.3 is 9.63 Å². The van der Waals surface area contributed by atoms with Crippen LogP contribution in [0.2, 0.25) is 0 Å². The highest BCUT2D eigenvalue weighted by Crippen LogP contribution is 2.33. The van der Waals surface area contributed by atoms with E-state index >= 15 is 0 Å². The smallest absolute Gasteiger partial charge is 0.335 e. The Morgan fingerprint density at radius 2 is 1.69 bits per heavy atom. The fourth-order valence-corrected chi connectivity index (χ4v) is 2.95. The van der Waals surface area contributed by atoms with Crippen molar-refractivity contribution in [2.45, 2.75) is 34.6 Å². The fourth-order valence-electron chi connectivity index (χ4n) is 2.95. The first-order chi connectivity index (χ1) is 12.2. The Bertz CT molecular complexity index is 1010. The minimum atomic E-state index is -1.03. The molecule has 3 rings (SSSR count). The molecule has 0 saturated carbocycles. The second-order valence-electron chi connectivity index (χ2n) is 6.45. The molecule has 2 aromatic carbocycles. The molecule has 0 spiro atoms. The number of carbonyl (C=O) groups is 1. The molecule has 6 heteroatoms. The third kappa shape index (κ3) is 2.77. The Labute approximate surface area is 150 Å². The second-order valence-corrected chi connectivity index (χ2v) is 6.45. The standard InChI is InChI=1S/C20H19FN2O3/c1-9-6-7-14(8-15(9)20(24)25)18-22-19(26-23-18)16-12(4)10(2)11(3)13(5)17(16)21/h6-8H,1-5H3,(H,24,25). The van der Waals surface area contributed by atoms with E-state index in [1.54, 1.807) is 26.0 Å². The van der Waals surface area contributed by atoms with Gasteiger partial charge in [0.25, 0.3) is 5.89 Å². The van der Waals surface area contributed by atoms with Gasteiger partial charge >= 0.3 is 5.97 Å². The molecule has 1 N–H and O–H groups in total. The van der Waals surface area contributed by atoms with Crippen LogP contribution in [0.25, 0.3) is 22.8 Å². The number of benzene rings is 2. The Morgan fingerprint density at radius 1 is 1.04 bits per heavy atom. The summed E-state index contributed by atoms with van der Waals surface area (Å²) in [5.74, 6) is -1.11. The molecule has 1 heterocycles. The number of halogens is 1. The maximum Gasteiger partial charge on any atom is 0.335 e. The highest BCUT2D eigenvalue weighted by molar-refractivity contribution is 5.90. The molecule has 134 valence electrons. The summed E-state index contributed by atoms with van der Waals surface area (Å²) < 4.78 is 20.1. The van der Waals surface area contributed by atoms with Crippen molar-refractivity contribution >= 4 is 5.97 Å². The normalized spacial score (nSPS) is 11.0. The van der Waals surface area contributed by atoms with Gasteiger partial charge in [-0.25, -0.2) is 9.18 Å². The lowest BCUT2D eigenvalue weighted by molar-refractivity contribution is 0.0696. The van der Waals surface area contributed by atoms with Gasteiger partial charge in [0.05, 0.1) is 11.1 Å². The highest BCUT2D eigenvalue weighted by Gasteiger charge is 2.22. The molecule has 1 aromatic heterocycles. The summed E-state index contributed by atoms with van der Waals surface area (Å²) in [6.45, 7) is 9.06. The van der Waals surface area contributed by atoms with Gasteiger partial charge in [-0.2, -0.15) is 4.98 Å². The predicted molar refractivity (Wildman–Crippen MR) is 95.8 cm³/mol. The van der Waals surface area contributed by atoms with Crippen LogP contribution in [0.1, 0.15) is 38.2 Å². The minimum absolute atomic E-state index is 0.0821. The molecule has 0 atom stereocenters. The van der Waals surface area contributed by atoms with Gasteiger partial charge in [0, 0.05) is 5.56 Å². The molecule has 0 unspecified atom stereocenters. The Balaban J connectivity index is 2.13. The fraction of sp³-hybridized carbons (Fsp3) is 0.250. The quantitative estimate of drug-likeness (QED) is 0.732. The SMILES string of the molecule is Cc1ccc(-c2noc(-c3c(C)c(C)c(C)c(C)c3F)n2)cc1C(=O)O. The highest BCUT2D eigenvalue weighted by atomic mass is 19.1. The molecule has 0 aliphatic carbocycles. The third-order valence-corrected chi connectivity index (χ3v) is 4.98. The van der Waals surface area contributed by atoms with Crippen LogP contribution in [0.15, 0.2) is 22.7 Å². The summed E-state index contributed by atoms with van der Waals surface area (Å²) in [7, 11) is 0. The van der Waals surface area contributed by atoms with Crippen molar-refractivity contribution in [3.8, 4) is 22.8 Å². The maximum atomic E-state index is 14.8. The first-order valence-corrected chi connectivity index (χ1v) is 8.16. The lowest BCUT2D eigenvalue weighted by atomic mass is 9.93. The summed E-state index contributed by atoms with van der Waals surface area (Å²) in [6, 6.07) is 4.88. The topological polar surface area (TPSA) is 76.2 Å². The van der Waals surface area contributed by atoms with Crippen molar-refractivity contribution in [3.05, 3.63) is 57.4 Å². The number of aryl methyl sites for hydroxylation is 1. The second kappa shape index (κ2) is 6.37. The number of hydrogen-bond donors (Lipinski definition) is 1. The molecule has 0 bridgehead atoms. The van der Waals surface area contributed by atoms with Crippen molar-refractivity contribution < 1.29 is 18.8 Å². The number of aromatic carboxylic acids is 1. The zero-order chi connectivity index (χ0) is 19.2. The molecule has 0 radical (unpaired) electrons. The van der Waals surface area contributed by atoms with Crippen LogP contribution in [0.4, 0.5) is 4.39 Å². The molecule has 0 aliphatic rings. The van der Waals surface area contributed by atoms with Crippen LogP contribution in [-0.4, -0.2) is 21.2 Å². The van der Waals surface area contributed by atoms with Crippen LogP contribution in [0.5, 0.6) is 0 Å². The summed E-state index contributed by atoms with van der Waals surface area (Å²) in [6.07, 6.45) is 0. The van der Waals surface area contributed by atoms with E-state index in [0.29, 0.717) is 16.7 Å². The molecule has 3 aromatic rings. The molecule has 26 heavy (non-hydrogen) atoms. The van der Waals surface area contributed by atoms with Crippen LogP contribution in [0, 0.1) is 40.4 Å². The molecular weight excluding hydrogens is 335 g/mol. The van der Waals surface area contributed by atoms with E-state index < -0.39 is 5.97 Å². The van der Waals surface area contributed by atoms with E-state index in [4.69, 9.17) is 4.52 Å². The van der Waals surface area contributed by atoms with E-state index in [2.05, 4.69) is 10.1 Å². The number of carboxylic acids is 1. The van der Waals surface area contributed by atoms with Crippen LogP contribution in [-0.2, 0) is 0 Å². The average molecular weight is 354 g/mol. The van der Waals surface area contributed by atoms with Gasteiger partial charge in [-0.05, 0) is 68.5 Å². The van der Waals surface area contributed by atoms with Gasteiger partial charge in [0.15, 0.2) is 0 Å². The Morgan fingerprint density at radius 3 is 2.35 bits per heavy atom. The summed E-state index contributed by atoms with van der Waals surface area (Å²) >= 11 is 0. The lowest BCUT2D eigenvalue weighted by Gasteiger charge is -2.13. The van der Waals surface area contributed by atoms with Gasteiger partial charge in [-0.1, -0.05) is 17.3 Å². The van der Waals surface area contributed by atoms with Gasteiger partial charge in [-0.15, -0.1) is 0 Å². The van der Waals surface area contributed by atoms with Crippen molar-refractivity contribution in [1.82, 2.24) is 10.1 Å². The van der Waals surface area contributed by atoms with Crippen molar-refractivity contribution in [3.63, 3.8) is 0 Å². The molecule has 0 saturated heterocycles. The minimum Gasteiger partial charge on any atom is -0.478 e. The van der Waals surface area contributed by atoms with E-state index in [-0.39, 0.29) is 28.7 Å². The van der Waals surface area contributed by atoms with Crippen LogP contribution < -0.4 is 0 Å². The van der Waals surface area contributed by atoms with Gasteiger partial charge in [0.2, 0.25) is 5.82 Å². The first-order valence-electron chi connectivity index (χ1n) is 8.16. The van der Waals surface area contributed by atoms with E-state index in [0.717, 1.165) is 16.7 Å². The number of hydrogen-bond acceptors (Lipinski definition) is 4. The van der Waals surface area contributed by atoms with Gasteiger partial charge in [-0.3, -0.25) is 0 Å². The predicted octanol–water partition coefficient (Wildman–Crippen LogP) is 4.78. The average Bonchev–Trinajstić information content (AvgIpc) is 3.08. The monoisotopic (exact) mass is 354 g/mol. The third-order valence-electron chi connectivity index (χ3n) is 4.98.